The average Bonchev–Trinajstić information content (AvgIpc) is 3.50. The molecule has 4 aromatic rings. The quantitative estimate of drug-likeness (QED) is 0.0917. The second-order valence-electron chi connectivity index (χ2n) is 10.1. The molecule has 0 saturated carbocycles. The van der Waals surface area contributed by atoms with Crippen LogP contribution in [0.1, 0.15) is 54.6 Å². The molecule has 0 aliphatic rings. The van der Waals surface area contributed by atoms with Crippen LogP contribution >= 0.6 is 11.6 Å². The van der Waals surface area contributed by atoms with E-state index in [4.69, 9.17) is 16.3 Å². The number of nitrogens with zero attached hydrogens (tertiary/aromatic N) is 2. The van der Waals surface area contributed by atoms with Gasteiger partial charge in [0.05, 0.1) is 29.8 Å². The molecule has 0 fully saturated rings. The number of aliphatic carboxylic acids is 1. The number of hydrogen-bond donors (Lipinski definition) is 1. The molecule has 1 N–H and O–H groups in total. The van der Waals surface area contributed by atoms with Crippen LogP contribution in [0.5, 0.6) is 5.75 Å². The van der Waals surface area contributed by atoms with Gasteiger partial charge in [-0.2, -0.15) is 5.10 Å². The van der Waals surface area contributed by atoms with E-state index in [9.17, 15) is 14.7 Å². The van der Waals surface area contributed by atoms with Gasteiger partial charge < -0.3 is 9.84 Å². The molecule has 1 atom stereocenters. The van der Waals surface area contributed by atoms with Gasteiger partial charge in [0, 0.05) is 16.9 Å². The van der Waals surface area contributed by atoms with Gasteiger partial charge in [0.15, 0.2) is 5.78 Å². The lowest BCUT2D eigenvalue weighted by atomic mass is 9.94. The number of allylic oxidation sites excluding steroid dienone is 4. The first-order valence-electron chi connectivity index (χ1n) is 14.0. The lowest BCUT2D eigenvalue weighted by Gasteiger charge is -2.14. The molecule has 4 rings (SSSR count). The predicted molar refractivity (Wildman–Crippen MR) is 168 cm³/mol. The first-order valence-corrected chi connectivity index (χ1v) is 14.4. The molecule has 1 unspecified atom stereocenters. The van der Waals surface area contributed by atoms with Crippen LogP contribution in [0.2, 0.25) is 5.02 Å². The number of aromatic nitrogens is 2. The van der Waals surface area contributed by atoms with E-state index >= 15 is 0 Å². The zero-order chi connectivity index (χ0) is 29.9. The van der Waals surface area contributed by atoms with Crippen molar-refractivity contribution >= 4 is 29.1 Å². The van der Waals surface area contributed by atoms with Crippen molar-refractivity contribution in [3.05, 3.63) is 125 Å². The third kappa shape index (κ3) is 8.30. The number of carbonyl (C=O) groups is 2. The molecule has 0 radical (unpaired) electrons. The molecule has 0 aliphatic carbocycles. The molecule has 6 nitrogen and oxygen atoms in total. The maximum absolute atomic E-state index is 13.2. The Morgan fingerprint density at radius 1 is 1.00 bits per heavy atom. The van der Waals surface area contributed by atoms with Crippen LogP contribution < -0.4 is 4.74 Å². The van der Waals surface area contributed by atoms with E-state index in [0.29, 0.717) is 54.2 Å². The van der Waals surface area contributed by atoms with Gasteiger partial charge in [-0.25, -0.2) is 4.68 Å². The molecule has 0 saturated heterocycles. The smallest absolute Gasteiger partial charge is 0.306 e. The fourth-order valence-electron chi connectivity index (χ4n) is 4.63. The standard InChI is InChI=1S/C35H35ClN2O4/c1-3-4-8-25(2)38-24-30(23-37-38)34(39)32-10-5-6-11-33(32)42-22-7-9-29(35(40)41)17-14-26-12-15-27(16-13-26)28-18-20-31(36)21-19-28/h3-6,8,10-13,15-16,18-21,23-24,29H,7,9,14,17,22H2,1-2H3,(H,40,41)/b4-3-,25-8+. The van der Waals surface area contributed by atoms with Crippen LogP contribution in [0.4, 0.5) is 0 Å². The molecule has 3 aromatic carbocycles. The Kier molecular flexibility index (Phi) is 10.9. The van der Waals surface area contributed by atoms with E-state index < -0.39 is 11.9 Å². The fourth-order valence-corrected chi connectivity index (χ4v) is 4.76. The Morgan fingerprint density at radius 3 is 2.38 bits per heavy atom. The zero-order valence-electron chi connectivity index (χ0n) is 23.9. The molecule has 0 bridgehead atoms. The number of carboxylic acid groups (broad SMARTS) is 1. The molecule has 0 amide bonds. The highest BCUT2D eigenvalue weighted by molar-refractivity contribution is 6.30. The van der Waals surface area contributed by atoms with Crippen LogP contribution in [0, 0.1) is 5.92 Å². The molecular formula is C35H35ClN2O4. The number of ketones is 1. The largest absolute Gasteiger partial charge is 0.493 e. The van der Waals surface area contributed by atoms with E-state index in [0.717, 1.165) is 22.4 Å². The average molecular weight is 583 g/mol. The summed E-state index contributed by atoms with van der Waals surface area (Å²) in [7, 11) is 0. The van der Waals surface area contributed by atoms with Crippen LogP contribution in [-0.4, -0.2) is 33.2 Å². The highest BCUT2D eigenvalue weighted by Crippen LogP contribution is 2.25. The third-order valence-corrected chi connectivity index (χ3v) is 7.34. The van der Waals surface area contributed by atoms with Gasteiger partial charge in [0.25, 0.3) is 0 Å². The van der Waals surface area contributed by atoms with Crippen molar-refractivity contribution in [3.63, 3.8) is 0 Å². The summed E-state index contributed by atoms with van der Waals surface area (Å²) >= 11 is 5.99. The van der Waals surface area contributed by atoms with Crippen molar-refractivity contribution < 1.29 is 19.4 Å². The van der Waals surface area contributed by atoms with Crippen molar-refractivity contribution in [3.8, 4) is 16.9 Å². The molecule has 0 spiro atoms. The highest BCUT2D eigenvalue weighted by atomic mass is 35.5. The van der Waals surface area contributed by atoms with E-state index in [1.54, 1.807) is 35.3 Å². The van der Waals surface area contributed by atoms with Crippen molar-refractivity contribution in [2.24, 2.45) is 5.92 Å². The summed E-state index contributed by atoms with van der Waals surface area (Å²) in [5.74, 6) is -0.990. The summed E-state index contributed by atoms with van der Waals surface area (Å²) in [6.45, 7) is 4.17. The summed E-state index contributed by atoms with van der Waals surface area (Å²) in [5.41, 5.74) is 5.07. The molecule has 1 heterocycles. The zero-order valence-corrected chi connectivity index (χ0v) is 24.6. The minimum atomic E-state index is -0.806. The van der Waals surface area contributed by atoms with Gasteiger partial charge in [-0.05, 0) is 86.6 Å². The van der Waals surface area contributed by atoms with E-state index in [1.807, 2.05) is 86.7 Å². The summed E-state index contributed by atoms with van der Waals surface area (Å²) in [6, 6.07) is 23.0. The van der Waals surface area contributed by atoms with Crippen LogP contribution in [0.3, 0.4) is 0 Å². The Morgan fingerprint density at radius 2 is 1.69 bits per heavy atom. The Hall–Kier alpha value is -4.42. The lowest BCUT2D eigenvalue weighted by Crippen LogP contribution is -2.16. The monoisotopic (exact) mass is 582 g/mol. The Bertz CT molecular complexity index is 1550. The van der Waals surface area contributed by atoms with Gasteiger partial charge in [-0.3, -0.25) is 9.59 Å². The number of benzene rings is 3. The minimum Gasteiger partial charge on any atom is -0.493 e. The van der Waals surface area contributed by atoms with Crippen LogP contribution in [0.25, 0.3) is 16.8 Å². The number of para-hydroxylation sites is 1. The van der Waals surface area contributed by atoms with Gasteiger partial charge >= 0.3 is 5.97 Å². The topological polar surface area (TPSA) is 81.4 Å². The minimum absolute atomic E-state index is 0.179. The SMILES string of the molecule is C/C=C\C=C(/C)n1cc(C(=O)c2ccccc2OCCCC(CCc2ccc(-c3ccc(Cl)cc3)cc2)C(=O)O)cn1. The molecule has 7 heteroatoms. The number of rotatable bonds is 14. The number of ether oxygens (including phenoxy) is 1. The van der Waals surface area contributed by atoms with Crippen molar-refractivity contribution in [1.82, 2.24) is 9.78 Å². The van der Waals surface area contributed by atoms with E-state index in [2.05, 4.69) is 5.10 Å². The summed E-state index contributed by atoms with van der Waals surface area (Å²) < 4.78 is 7.64. The maximum Gasteiger partial charge on any atom is 0.306 e. The van der Waals surface area contributed by atoms with Crippen molar-refractivity contribution in [1.29, 1.82) is 0 Å². The van der Waals surface area contributed by atoms with Crippen molar-refractivity contribution in [2.75, 3.05) is 6.61 Å². The van der Waals surface area contributed by atoms with E-state index in [1.165, 1.54) is 0 Å². The highest BCUT2D eigenvalue weighted by Gasteiger charge is 2.19. The normalized spacial score (nSPS) is 12.4. The lowest BCUT2D eigenvalue weighted by molar-refractivity contribution is -0.142. The molecule has 1 aromatic heterocycles. The summed E-state index contributed by atoms with van der Waals surface area (Å²) in [6.07, 6.45) is 11.3. The van der Waals surface area contributed by atoms with Gasteiger partial charge in [0.1, 0.15) is 5.75 Å². The summed E-state index contributed by atoms with van der Waals surface area (Å²) in [5, 5.41) is 14.8. The molecule has 42 heavy (non-hydrogen) atoms. The van der Waals surface area contributed by atoms with Crippen LogP contribution in [0.15, 0.2) is 103 Å². The summed E-state index contributed by atoms with van der Waals surface area (Å²) in [4.78, 5) is 25.2. The predicted octanol–water partition coefficient (Wildman–Crippen LogP) is 8.36. The Balaban J connectivity index is 1.30. The van der Waals surface area contributed by atoms with Crippen molar-refractivity contribution in [2.45, 2.75) is 39.5 Å². The van der Waals surface area contributed by atoms with Gasteiger partial charge in [0.2, 0.25) is 0 Å². The van der Waals surface area contributed by atoms with Crippen LogP contribution in [-0.2, 0) is 11.2 Å². The Labute approximate surface area is 251 Å². The number of halogens is 1. The third-order valence-electron chi connectivity index (χ3n) is 7.08. The second-order valence-corrected chi connectivity index (χ2v) is 10.5. The van der Waals surface area contributed by atoms with E-state index in [-0.39, 0.29) is 5.78 Å². The number of aryl methyl sites for hydroxylation is 1. The van der Waals surface area contributed by atoms with Gasteiger partial charge in [-0.1, -0.05) is 72.3 Å². The molecule has 216 valence electrons. The van der Waals surface area contributed by atoms with Gasteiger partial charge in [-0.15, -0.1) is 0 Å². The number of carboxylic acids is 1. The maximum atomic E-state index is 13.2. The number of carbonyl (C=O) groups excluding carboxylic acids is 1. The second kappa shape index (κ2) is 15.0. The molecule has 0 aliphatic heterocycles. The number of hydrogen-bond acceptors (Lipinski definition) is 4. The first-order chi connectivity index (χ1) is 20.4. The fraction of sp³-hybridized carbons (Fsp3) is 0.229. The first kappa shape index (κ1) is 30.5. The molecular weight excluding hydrogens is 548 g/mol.